The third-order valence-electron chi connectivity index (χ3n) is 5.01. The lowest BCUT2D eigenvalue weighted by molar-refractivity contribution is -0.128. The average Bonchev–Trinajstić information content (AvgIpc) is 3.00. The number of amides is 3. The topological polar surface area (TPSA) is 69.7 Å². The van der Waals surface area contributed by atoms with Crippen molar-refractivity contribution in [1.29, 1.82) is 0 Å². The van der Waals surface area contributed by atoms with Gasteiger partial charge in [-0.1, -0.05) is 23.7 Å². The van der Waals surface area contributed by atoms with Gasteiger partial charge in [0.1, 0.15) is 0 Å². The Balaban J connectivity index is 1.80. The minimum absolute atomic E-state index is 0.178. The number of halogens is 1. The van der Waals surface area contributed by atoms with Crippen molar-refractivity contribution < 1.29 is 14.4 Å². The number of benzene rings is 2. The molecule has 1 atom stereocenters. The SMILES string of the molecule is CN1C(=O)c2ccccc2N2C(=O)CC[C@]12C(=O)Nc1ccc(Cl)cc1. The van der Waals surface area contributed by atoms with Crippen molar-refractivity contribution >= 4 is 40.7 Å². The first-order valence-corrected chi connectivity index (χ1v) is 8.60. The Labute approximate surface area is 155 Å². The van der Waals surface area contributed by atoms with Crippen LogP contribution in [0.3, 0.4) is 0 Å². The molecule has 2 aromatic rings. The first-order valence-electron chi connectivity index (χ1n) is 8.22. The predicted molar refractivity (Wildman–Crippen MR) is 98.1 cm³/mol. The van der Waals surface area contributed by atoms with E-state index < -0.39 is 11.6 Å². The fourth-order valence-corrected chi connectivity index (χ4v) is 3.82. The molecule has 0 saturated carbocycles. The molecule has 0 aliphatic carbocycles. The van der Waals surface area contributed by atoms with Crippen LogP contribution in [-0.2, 0) is 9.59 Å². The van der Waals surface area contributed by atoms with Crippen LogP contribution < -0.4 is 10.2 Å². The lowest BCUT2D eigenvalue weighted by atomic mass is 9.96. The van der Waals surface area contributed by atoms with Crippen LogP contribution in [0.2, 0.25) is 5.02 Å². The predicted octanol–water partition coefficient (Wildman–Crippen LogP) is 2.89. The Hall–Kier alpha value is -2.86. The van der Waals surface area contributed by atoms with E-state index in [-0.39, 0.29) is 24.7 Å². The van der Waals surface area contributed by atoms with Gasteiger partial charge < -0.3 is 10.2 Å². The monoisotopic (exact) mass is 369 g/mol. The molecule has 132 valence electrons. The number of anilines is 2. The molecule has 0 spiro atoms. The fraction of sp³-hybridized carbons (Fsp3) is 0.211. The molecule has 3 amide bonds. The summed E-state index contributed by atoms with van der Waals surface area (Å²) in [6.45, 7) is 0. The van der Waals surface area contributed by atoms with E-state index in [0.717, 1.165) is 0 Å². The van der Waals surface area contributed by atoms with Gasteiger partial charge in [-0.3, -0.25) is 19.3 Å². The van der Waals surface area contributed by atoms with Gasteiger partial charge in [-0.25, -0.2) is 0 Å². The van der Waals surface area contributed by atoms with Crippen molar-refractivity contribution in [1.82, 2.24) is 4.90 Å². The Morgan fingerprint density at radius 1 is 1.12 bits per heavy atom. The minimum atomic E-state index is -1.37. The van der Waals surface area contributed by atoms with E-state index in [9.17, 15) is 14.4 Å². The van der Waals surface area contributed by atoms with Crippen molar-refractivity contribution in [2.75, 3.05) is 17.3 Å². The zero-order valence-corrected chi connectivity index (χ0v) is 14.8. The van der Waals surface area contributed by atoms with E-state index in [1.54, 1.807) is 55.6 Å². The molecule has 2 heterocycles. The number of likely N-dealkylation sites (N-methyl/N-ethyl adjacent to an activating group) is 1. The summed E-state index contributed by atoms with van der Waals surface area (Å²) in [5.74, 6) is -0.878. The number of hydrogen-bond acceptors (Lipinski definition) is 3. The Kier molecular flexibility index (Phi) is 3.73. The summed E-state index contributed by atoms with van der Waals surface area (Å²) >= 11 is 5.88. The van der Waals surface area contributed by atoms with E-state index in [2.05, 4.69) is 5.32 Å². The van der Waals surface area contributed by atoms with E-state index in [4.69, 9.17) is 11.6 Å². The van der Waals surface area contributed by atoms with Crippen molar-refractivity contribution in [3.8, 4) is 0 Å². The molecule has 7 heteroatoms. The maximum atomic E-state index is 13.2. The highest BCUT2D eigenvalue weighted by atomic mass is 35.5. The molecule has 1 saturated heterocycles. The molecule has 0 bridgehead atoms. The van der Waals surface area contributed by atoms with Crippen molar-refractivity contribution in [2.24, 2.45) is 0 Å². The smallest absolute Gasteiger partial charge is 0.271 e. The number of rotatable bonds is 2. The summed E-state index contributed by atoms with van der Waals surface area (Å²) in [4.78, 5) is 41.5. The summed E-state index contributed by atoms with van der Waals surface area (Å²) in [6.07, 6.45) is 0.432. The molecule has 26 heavy (non-hydrogen) atoms. The number of nitrogens with zero attached hydrogens (tertiary/aromatic N) is 2. The standard InChI is InChI=1S/C19H16ClN3O3/c1-22-17(25)14-4-2-3-5-15(14)23-16(24)10-11-19(22,23)18(26)21-13-8-6-12(20)7-9-13/h2-9H,10-11H2,1H3,(H,21,26)/t19-/m0/s1. The molecule has 1 N–H and O–H groups in total. The van der Waals surface area contributed by atoms with Crippen molar-refractivity contribution in [3.63, 3.8) is 0 Å². The van der Waals surface area contributed by atoms with Crippen LogP contribution in [0.25, 0.3) is 0 Å². The second-order valence-corrected chi connectivity index (χ2v) is 6.82. The molecular formula is C19H16ClN3O3. The van der Waals surface area contributed by atoms with Crippen LogP contribution in [0.5, 0.6) is 0 Å². The molecule has 6 nitrogen and oxygen atoms in total. The van der Waals surface area contributed by atoms with Gasteiger partial charge in [-0.05, 0) is 36.4 Å². The van der Waals surface area contributed by atoms with E-state index in [1.165, 1.54) is 9.80 Å². The molecule has 0 aromatic heterocycles. The third kappa shape index (κ3) is 2.22. The maximum absolute atomic E-state index is 13.2. The van der Waals surface area contributed by atoms with Crippen molar-refractivity contribution in [2.45, 2.75) is 18.5 Å². The molecule has 0 unspecified atom stereocenters. The molecule has 2 aromatic carbocycles. The second-order valence-electron chi connectivity index (χ2n) is 6.39. The van der Waals surface area contributed by atoms with E-state index in [1.807, 2.05) is 0 Å². The highest BCUT2D eigenvalue weighted by Gasteiger charge is 2.59. The van der Waals surface area contributed by atoms with Crippen molar-refractivity contribution in [3.05, 3.63) is 59.1 Å². The van der Waals surface area contributed by atoms with Crippen LogP contribution in [0.1, 0.15) is 23.2 Å². The number of fused-ring (bicyclic) bond motifs is 3. The Bertz CT molecular complexity index is 928. The van der Waals surface area contributed by atoms with Crippen LogP contribution in [-0.4, -0.2) is 35.3 Å². The van der Waals surface area contributed by atoms with Gasteiger partial charge in [-0.15, -0.1) is 0 Å². The van der Waals surface area contributed by atoms with Gasteiger partial charge in [0.05, 0.1) is 11.3 Å². The number of carbonyl (C=O) groups excluding carboxylic acids is 3. The van der Waals surface area contributed by atoms with Gasteiger partial charge in [0.2, 0.25) is 11.6 Å². The Morgan fingerprint density at radius 2 is 1.81 bits per heavy atom. The number of para-hydroxylation sites is 1. The first-order chi connectivity index (χ1) is 12.4. The number of carbonyl (C=O) groups is 3. The lowest BCUT2D eigenvalue weighted by Crippen LogP contribution is -2.68. The summed E-state index contributed by atoms with van der Waals surface area (Å²) in [5, 5.41) is 3.37. The molecule has 2 aliphatic heterocycles. The number of hydrogen-bond donors (Lipinski definition) is 1. The summed E-state index contributed by atoms with van der Waals surface area (Å²) < 4.78 is 0. The molecule has 2 aliphatic rings. The fourth-order valence-electron chi connectivity index (χ4n) is 3.69. The molecule has 0 radical (unpaired) electrons. The third-order valence-corrected chi connectivity index (χ3v) is 5.26. The molecule has 1 fully saturated rings. The molecular weight excluding hydrogens is 354 g/mol. The zero-order valence-electron chi connectivity index (χ0n) is 14.0. The van der Waals surface area contributed by atoms with Gasteiger partial charge >= 0.3 is 0 Å². The van der Waals surface area contributed by atoms with E-state index in [0.29, 0.717) is 22.0 Å². The molecule has 4 rings (SSSR count). The first kappa shape index (κ1) is 16.6. The van der Waals surface area contributed by atoms with Crippen LogP contribution in [0.4, 0.5) is 11.4 Å². The number of nitrogens with one attached hydrogen (secondary N) is 1. The van der Waals surface area contributed by atoms with Gasteiger partial charge in [0, 0.05) is 30.6 Å². The van der Waals surface area contributed by atoms with Crippen LogP contribution >= 0.6 is 11.6 Å². The summed E-state index contributed by atoms with van der Waals surface area (Å²) in [6, 6.07) is 13.5. The van der Waals surface area contributed by atoms with Gasteiger partial charge in [0.15, 0.2) is 0 Å². The van der Waals surface area contributed by atoms with E-state index >= 15 is 0 Å². The van der Waals surface area contributed by atoms with Gasteiger partial charge in [-0.2, -0.15) is 0 Å². The Morgan fingerprint density at radius 3 is 2.54 bits per heavy atom. The highest BCUT2D eigenvalue weighted by molar-refractivity contribution is 6.30. The zero-order chi connectivity index (χ0) is 18.5. The minimum Gasteiger partial charge on any atom is -0.322 e. The van der Waals surface area contributed by atoms with Crippen LogP contribution in [0, 0.1) is 0 Å². The summed E-state index contributed by atoms with van der Waals surface area (Å²) in [5.41, 5.74) is 0.0691. The quantitative estimate of drug-likeness (QED) is 0.884. The second kappa shape index (κ2) is 5.85. The lowest BCUT2D eigenvalue weighted by Gasteiger charge is -2.47. The normalized spacial score (nSPS) is 21.5. The maximum Gasteiger partial charge on any atom is 0.271 e. The largest absolute Gasteiger partial charge is 0.322 e. The van der Waals surface area contributed by atoms with Gasteiger partial charge in [0.25, 0.3) is 11.8 Å². The van der Waals surface area contributed by atoms with Crippen LogP contribution in [0.15, 0.2) is 48.5 Å². The summed E-state index contributed by atoms with van der Waals surface area (Å²) in [7, 11) is 1.56. The highest BCUT2D eigenvalue weighted by Crippen LogP contribution is 2.44. The average molecular weight is 370 g/mol.